The van der Waals surface area contributed by atoms with E-state index >= 15 is 0 Å². The topological polar surface area (TPSA) is 12.0 Å². The second-order valence-electron chi connectivity index (χ2n) is 6.81. The van der Waals surface area contributed by atoms with Crippen LogP contribution in [0.3, 0.4) is 0 Å². The van der Waals surface area contributed by atoms with Gasteiger partial charge in [0.05, 0.1) is 0 Å². The van der Waals surface area contributed by atoms with E-state index < -0.39 is 0 Å². The van der Waals surface area contributed by atoms with Crippen molar-refractivity contribution in [1.82, 2.24) is 5.32 Å². The summed E-state index contributed by atoms with van der Waals surface area (Å²) >= 11 is 1.90. The van der Waals surface area contributed by atoms with Crippen LogP contribution in [0.2, 0.25) is 0 Å². The molecule has 2 heteroatoms. The van der Waals surface area contributed by atoms with E-state index in [1.54, 1.807) is 5.56 Å². The first-order valence-corrected chi connectivity index (χ1v) is 9.45. The molecule has 2 aromatic rings. The van der Waals surface area contributed by atoms with Crippen molar-refractivity contribution in [1.29, 1.82) is 0 Å². The van der Waals surface area contributed by atoms with Gasteiger partial charge in [-0.3, -0.25) is 0 Å². The highest BCUT2D eigenvalue weighted by molar-refractivity contribution is 7.17. The molecule has 0 bridgehead atoms. The Morgan fingerprint density at radius 1 is 1.19 bits per heavy atom. The van der Waals surface area contributed by atoms with Crippen LogP contribution in [0.25, 0.3) is 10.1 Å². The molecule has 0 spiro atoms. The molecule has 2 saturated carbocycles. The fourth-order valence-corrected chi connectivity index (χ4v) is 5.65. The van der Waals surface area contributed by atoms with Gasteiger partial charge in [0.1, 0.15) is 0 Å². The summed E-state index contributed by atoms with van der Waals surface area (Å²) in [6.07, 6.45) is 7.13. The molecule has 0 radical (unpaired) electrons. The summed E-state index contributed by atoms with van der Waals surface area (Å²) in [5.74, 6) is 3.02. The van der Waals surface area contributed by atoms with Gasteiger partial charge in [0.15, 0.2) is 0 Å². The number of thiophene rings is 1. The Bertz CT molecular complexity index is 605. The van der Waals surface area contributed by atoms with E-state index in [-0.39, 0.29) is 0 Å². The minimum Gasteiger partial charge on any atom is -0.314 e. The SMILES string of the molecule is CCNC(Cc1csc2ccccc12)C1C2CCCCC21. The molecule has 3 unspecified atom stereocenters. The molecule has 112 valence electrons. The van der Waals surface area contributed by atoms with Crippen molar-refractivity contribution in [2.24, 2.45) is 17.8 Å². The highest BCUT2D eigenvalue weighted by Crippen LogP contribution is 2.57. The minimum absolute atomic E-state index is 0.695. The number of hydrogen-bond donors (Lipinski definition) is 1. The maximum Gasteiger partial charge on any atom is 0.0345 e. The van der Waals surface area contributed by atoms with E-state index in [1.165, 1.54) is 42.2 Å². The van der Waals surface area contributed by atoms with Crippen molar-refractivity contribution in [2.75, 3.05) is 6.54 Å². The van der Waals surface area contributed by atoms with Crippen LogP contribution in [0.15, 0.2) is 29.6 Å². The molecule has 1 nitrogen and oxygen atoms in total. The number of nitrogens with one attached hydrogen (secondary N) is 1. The molecule has 1 aromatic carbocycles. The zero-order chi connectivity index (χ0) is 14.2. The lowest BCUT2D eigenvalue weighted by Crippen LogP contribution is -2.34. The summed E-state index contributed by atoms with van der Waals surface area (Å²) in [7, 11) is 0. The normalized spacial score (nSPS) is 29.3. The largest absolute Gasteiger partial charge is 0.314 e. The van der Waals surface area contributed by atoms with Crippen LogP contribution < -0.4 is 5.32 Å². The second-order valence-corrected chi connectivity index (χ2v) is 7.73. The lowest BCUT2D eigenvalue weighted by Gasteiger charge is -2.18. The van der Waals surface area contributed by atoms with Gasteiger partial charge < -0.3 is 5.32 Å². The summed E-state index contributed by atoms with van der Waals surface area (Å²) in [4.78, 5) is 0. The van der Waals surface area contributed by atoms with Gasteiger partial charge in [-0.1, -0.05) is 38.0 Å². The number of fused-ring (bicyclic) bond motifs is 2. The first-order valence-electron chi connectivity index (χ1n) is 8.57. The lowest BCUT2D eigenvalue weighted by molar-refractivity contribution is 0.439. The Morgan fingerprint density at radius 3 is 2.71 bits per heavy atom. The first-order chi connectivity index (χ1) is 10.4. The molecule has 0 amide bonds. The lowest BCUT2D eigenvalue weighted by atomic mass is 9.99. The molecule has 2 aliphatic carbocycles. The van der Waals surface area contributed by atoms with Crippen LogP contribution in [-0.4, -0.2) is 12.6 Å². The Balaban J connectivity index is 1.55. The summed E-state index contributed by atoms with van der Waals surface area (Å²) in [6, 6.07) is 9.57. The molecule has 0 saturated heterocycles. The van der Waals surface area contributed by atoms with Crippen molar-refractivity contribution in [2.45, 2.75) is 45.1 Å². The van der Waals surface area contributed by atoms with Crippen molar-refractivity contribution in [3.8, 4) is 0 Å². The third kappa shape index (κ3) is 2.53. The molecule has 0 aliphatic heterocycles. The van der Waals surface area contributed by atoms with E-state index in [2.05, 4.69) is 41.9 Å². The quantitative estimate of drug-likeness (QED) is 0.831. The predicted octanol–water partition coefficient (Wildman–Crippen LogP) is 4.86. The molecule has 3 atom stereocenters. The molecule has 21 heavy (non-hydrogen) atoms. The van der Waals surface area contributed by atoms with Crippen molar-refractivity contribution in [3.05, 3.63) is 35.2 Å². The van der Waals surface area contributed by atoms with E-state index in [0.717, 1.165) is 24.3 Å². The summed E-state index contributed by atoms with van der Waals surface area (Å²) < 4.78 is 1.44. The van der Waals surface area contributed by atoms with Crippen LogP contribution in [0.4, 0.5) is 0 Å². The molecular weight excluding hydrogens is 274 g/mol. The fraction of sp³-hybridized carbons (Fsp3) is 0.579. The summed E-state index contributed by atoms with van der Waals surface area (Å²) in [5.41, 5.74) is 1.56. The summed E-state index contributed by atoms with van der Waals surface area (Å²) in [6.45, 7) is 3.35. The zero-order valence-electron chi connectivity index (χ0n) is 12.8. The smallest absolute Gasteiger partial charge is 0.0345 e. The van der Waals surface area contributed by atoms with Crippen LogP contribution in [-0.2, 0) is 6.42 Å². The Kier molecular flexibility index (Phi) is 3.76. The molecule has 1 N–H and O–H groups in total. The minimum atomic E-state index is 0.695. The molecule has 4 rings (SSSR count). The van der Waals surface area contributed by atoms with Gasteiger partial charge >= 0.3 is 0 Å². The first kappa shape index (κ1) is 13.8. The Morgan fingerprint density at radius 2 is 1.95 bits per heavy atom. The zero-order valence-corrected chi connectivity index (χ0v) is 13.7. The maximum atomic E-state index is 3.81. The van der Waals surface area contributed by atoms with Gasteiger partial charge in [-0.2, -0.15) is 0 Å². The van der Waals surface area contributed by atoms with Crippen LogP contribution >= 0.6 is 11.3 Å². The van der Waals surface area contributed by atoms with E-state index in [9.17, 15) is 0 Å². The number of likely N-dealkylation sites (N-methyl/N-ethyl adjacent to an activating group) is 1. The Labute approximate surface area is 131 Å². The Hall–Kier alpha value is -0.860. The second kappa shape index (κ2) is 5.73. The fourth-order valence-electron chi connectivity index (χ4n) is 4.68. The molecule has 2 aliphatic rings. The van der Waals surface area contributed by atoms with Crippen molar-refractivity contribution >= 4 is 21.4 Å². The van der Waals surface area contributed by atoms with Crippen LogP contribution in [0, 0.1) is 17.8 Å². The van der Waals surface area contributed by atoms with Crippen LogP contribution in [0.5, 0.6) is 0 Å². The third-order valence-electron chi connectivity index (χ3n) is 5.65. The molecular formula is C19H25NS. The average molecular weight is 299 g/mol. The van der Waals surface area contributed by atoms with Gasteiger partial charge in [0, 0.05) is 10.7 Å². The van der Waals surface area contributed by atoms with Crippen molar-refractivity contribution in [3.63, 3.8) is 0 Å². The van der Waals surface area contributed by atoms with Gasteiger partial charge in [-0.15, -0.1) is 11.3 Å². The third-order valence-corrected chi connectivity index (χ3v) is 6.67. The molecule has 2 fully saturated rings. The maximum absolute atomic E-state index is 3.81. The number of rotatable bonds is 5. The summed E-state index contributed by atoms with van der Waals surface area (Å²) in [5, 5.41) is 7.68. The van der Waals surface area contributed by atoms with E-state index in [1.807, 2.05) is 11.3 Å². The molecule has 1 aromatic heterocycles. The van der Waals surface area contributed by atoms with Gasteiger partial charge in [-0.25, -0.2) is 0 Å². The average Bonchev–Trinajstić information content (AvgIpc) is 3.12. The predicted molar refractivity (Wildman–Crippen MR) is 91.9 cm³/mol. The monoisotopic (exact) mass is 299 g/mol. The highest BCUT2D eigenvalue weighted by atomic mass is 32.1. The van der Waals surface area contributed by atoms with Crippen molar-refractivity contribution < 1.29 is 0 Å². The van der Waals surface area contributed by atoms with Gasteiger partial charge in [0.2, 0.25) is 0 Å². The highest BCUT2D eigenvalue weighted by Gasteiger charge is 2.53. The standard InChI is InChI=1S/C19H25NS/c1-2-20-17(19-15-8-3-4-9-16(15)19)11-13-12-21-18-10-6-5-7-14(13)18/h5-7,10,12,15-17,19-20H,2-4,8-9,11H2,1H3. The van der Waals surface area contributed by atoms with E-state index in [0.29, 0.717) is 6.04 Å². The molecule has 1 heterocycles. The van der Waals surface area contributed by atoms with Crippen LogP contribution in [0.1, 0.15) is 38.2 Å². The van der Waals surface area contributed by atoms with Gasteiger partial charge in [0.25, 0.3) is 0 Å². The number of hydrogen-bond acceptors (Lipinski definition) is 2. The number of benzene rings is 1. The van der Waals surface area contributed by atoms with Gasteiger partial charge in [-0.05, 0) is 66.0 Å². The van der Waals surface area contributed by atoms with E-state index in [4.69, 9.17) is 0 Å².